The van der Waals surface area contributed by atoms with Crippen molar-refractivity contribution in [1.29, 1.82) is 0 Å². The molecular weight excluding hydrogens is 212 g/mol. The van der Waals surface area contributed by atoms with E-state index in [9.17, 15) is 0 Å². The Hall–Kier alpha value is -0.300. The molecule has 0 saturated heterocycles. The van der Waals surface area contributed by atoms with Crippen LogP contribution < -0.4 is 0 Å². The molecule has 0 aliphatic heterocycles. The molecule has 0 atom stereocenters. The Morgan fingerprint density at radius 3 is 2.67 bits per heavy atom. The van der Waals surface area contributed by atoms with Gasteiger partial charge in [0.2, 0.25) is 0 Å². The average molecular weight is 224 g/mol. The van der Waals surface area contributed by atoms with Crippen LogP contribution in [0.2, 0.25) is 0 Å². The minimum absolute atomic E-state index is 0.420. The molecule has 0 heterocycles. The van der Waals surface area contributed by atoms with E-state index in [-0.39, 0.29) is 0 Å². The monoisotopic (exact) mass is 223 g/mol. The molecule has 0 nitrogen and oxygen atoms in total. The van der Waals surface area contributed by atoms with Gasteiger partial charge in [0.1, 0.15) is 0 Å². The SMILES string of the molecule is C[CH]C1(c2cccc(Br)c2)CC1. The molecule has 0 N–H and O–H groups in total. The van der Waals surface area contributed by atoms with E-state index in [0.717, 1.165) is 0 Å². The van der Waals surface area contributed by atoms with Gasteiger partial charge in [-0.05, 0) is 42.4 Å². The molecule has 0 amide bonds. The predicted molar refractivity (Wildman–Crippen MR) is 55.0 cm³/mol. The van der Waals surface area contributed by atoms with E-state index in [4.69, 9.17) is 0 Å². The van der Waals surface area contributed by atoms with Gasteiger partial charge in [-0.3, -0.25) is 0 Å². The lowest BCUT2D eigenvalue weighted by molar-refractivity contribution is 0.812. The van der Waals surface area contributed by atoms with Crippen molar-refractivity contribution >= 4 is 15.9 Å². The van der Waals surface area contributed by atoms with Crippen LogP contribution >= 0.6 is 15.9 Å². The number of benzene rings is 1. The van der Waals surface area contributed by atoms with Crippen LogP contribution in [0, 0.1) is 6.42 Å². The lowest BCUT2D eigenvalue weighted by Crippen LogP contribution is -2.04. The Balaban J connectivity index is 2.34. The Bertz CT molecular complexity index is 287. The third-order valence-electron chi connectivity index (χ3n) is 2.74. The maximum atomic E-state index is 3.50. The summed E-state index contributed by atoms with van der Waals surface area (Å²) in [5.74, 6) is 0. The summed E-state index contributed by atoms with van der Waals surface area (Å²) in [7, 11) is 0. The van der Waals surface area contributed by atoms with Crippen LogP contribution in [0.4, 0.5) is 0 Å². The van der Waals surface area contributed by atoms with Gasteiger partial charge in [-0.2, -0.15) is 0 Å². The van der Waals surface area contributed by atoms with E-state index < -0.39 is 0 Å². The van der Waals surface area contributed by atoms with Crippen LogP contribution in [-0.2, 0) is 5.41 Å². The highest BCUT2D eigenvalue weighted by atomic mass is 79.9. The second kappa shape index (κ2) is 2.88. The summed E-state index contributed by atoms with van der Waals surface area (Å²) in [4.78, 5) is 0. The first kappa shape index (κ1) is 8.31. The molecule has 1 aromatic carbocycles. The van der Waals surface area contributed by atoms with Crippen molar-refractivity contribution in [2.75, 3.05) is 0 Å². The van der Waals surface area contributed by atoms with Gasteiger partial charge in [0.25, 0.3) is 0 Å². The first-order chi connectivity index (χ1) is 5.77. The number of hydrogen-bond acceptors (Lipinski definition) is 0. The predicted octanol–water partition coefficient (Wildman–Crippen LogP) is 3.70. The lowest BCUT2D eigenvalue weighted by Gasteiger charge is -2.12. The van der Waals surface area contributed by atoms with E-state index in [1.54, 1.807) is 0 Å². The summed E-state index contributed by atoms with van der Waals surface area (Å²) in [6.45, 7) is 2.16. The van der Waals surface area contributed by atoms with Crippen LogP contribution in [0.25, 0.3) is 0 Å². The maximum Gasteiger partial charge on any atom is 0.0178 e. The summed E-state index contributed by atoms with van der Waals surface area (Å²) in [5.41, 5.74) is 1.88. The summed E-state index contributed by atoms with van der Waals surface area (Å²) in [6, 6.07) is 8.64. The number of hydrogen-bond donors (Lipinski definition) is 0. The molecule has 1 aromatic rings. The molecule has 63 valence electrons. The fourth-order valence-corrected chi connectivity index (χ4v) is 2.08. The Kier molecular flexibility index (Phi) is 1.99. The zero-order valence-electron chi connectivity index (χ0n) is 7.18. The minimum Gasteiger partial charge on any atom is -0.0614 e. The fourth-order valence-electron chi connectivity index (χ4n) is 1.68. The normalized spacial score (nSPS) is 19.2. The van der Waals surface area contributed by atoms with Gasteiger partial charge >= 0.3 is 0 Å². The summed E-state index contributed by atoms with van der Waals surface area (Å²) in [5, 5.41) is 0. The Morgan fingerprint density at radius 2 is 2.17 bits per heavy atom. The molecule has 0 aromatic heterocycles. The van der Waals surface area contributed by atoms with Crippen molar-refractivity contribution in [3.8, 4) is 0 Å². The fraction of sp³-hybridized carbons (Fsp3) is 0.364. The van der Waals surface area contributed by atoms with Crippen molar-refractivity contribution < 1.29 is 0 Å². The molecule has 12 heavy (non-hydrogen) atoms. The molecule has 1 fully saturated rings. The van der Waals surface area contributed by atoms with Crippen LogP contribution in [-0.4, -0.2) is 0 Å². The van der Waals surface area contributed by atoms with Crippen LogP contribution in [0.3, 0.4) is 0 Å². The van der Waals surface area contributed by atoms with Crippen molar-refractivity contribution in [2.45, 2.75) is 25.2 Å². The van der Waals surface area contributed by atoms with Gasteiger partial charge in [0.15, 0.2) is 0 Å². The van der Waals surface area contributed by atoms with Crippen molar-refractivity contribution in [2.24, 2.45) is 0 Å². The molecular formula is C11H12Br. The molecule has 1 saturated carbocycles. The number of rotatable bonds is 2. The second-order valence-electron chi connectivity index (χ2n) is 3.46. The van der Waals surface area contributed by atoms with Gasteiger partial charge in [-0.1, -0.05) is 35.0 Å². The van der Waals surface area contributed by atoms with Gasteiger partial charge in [0, 0.05) is 4.47 Å². The maximum absolute atomic E-state index is 3.50. The largest absolute Gasteiger partial charge is 0.0614 e. The second-order valence-corrected chi connectivity index (χ2v) is 4.37. The zero-order chi connectivity index (χ0) is 8.60. The van der Waals surface area contributed by atoms with E-state index in [0.29, 0.717) is 5.41 Å². The van der Waals surface area contributed by atoms with E-state index in [2.05, 4.69) is 53.5 Å². The van der Waals surface area contributed by atoms with Crippen molar-refractivity contribution in [1.82, 2.24) is 0 Å². The summed E-state index contributed by atoms with van der Waals surface area (Å²) in [6.07, 6.45) is 4.97. The van der Waals surface area contributed by atoms with Crippen molar-refractivity contribution in [3.63, 3.8) is 0 Å². The molecule has 0 spiro atoms. The van der Waals surface area contributed by atoms with E-state index >= 15 is 0 Å². The van der Waals surface area contributed by atoms with Crippen LogP contribution in [0.1, 0.15) is 25.3 Å². The van der Waals surface area contributed by atoms with E-state index in [1.165, 1.54) is 22.9 Å². The first-order valence-electron chi connectivity index (χ1n) is 4.33. The molecule has 1 radical (unpaired) electrons. The van der Waals surface area contributed by atoms with Crippen molar-refractivity contribution in [3.05, 3.63) is 40.7 Å². The van der Waals surface area contributed by atoms with Gasteiger partial charge in [-0.25, -0.2) is 0 Å². The van der Waals surface area contributed by atoms with E-state index in [1.807, 2.05) is 0 Å². The molecule has 2 rings (SSSR count). The van der Waals surface area contributed by atoms with Crippen LogP contribution in [0.5, 0.6) is 0 Å². The highest BCUT2D eigenvalue weighted by Gasteiger charge is 2.42. The topological polar surface area (TPSA) is 0 Å². The molecule has 1 aliphatic carbocycles. The lowest BCUT2D eigenvalue weighted by atomic mass is 9.94. The summed E-state index contributed by atoms with van der Waals surface area (Å²) >= 11 is 3.50. The Labute approximate surface area is 82.1 Å². The Morgan fingerprint density at radius 1 is 1.42 bits per heavy atom. The first-order valence-corrected chi connectivity index (χ1v) is 5.13. The van der Waals surface area contributed by atoms with Gasteiger partial charge in [0.05, 0.1) is 0 Å². The standard InChI is InChI=1S/C11H12Br/c1-2-11(6-7-11)9-4-3-5-10(12)8-9/h2-5,8H,6-7H2,1H3. The highest BCUT2D eigenvalue weighted by molar-refractivity contribution is 9.10. The smallest absolute Gasteiger partial charge is 0.0178 e. The third kappa shape index (κ3) is 1.31. The molecule has 1 heteroatoms. The highest BCUT2D eigenvalue weighted by Crippen LogP contribution is 2.50. The summed E-state index contributed by atoms with van der Waals surface area (Å²) < 4.78 is 1.19. The van der Waals surface area contributed by atoms with Gasteiger partial charge in [-0.15, -0.1) is 0 Å². The molecule has 1 aliphatic rings. The minimum atomic E-state index is 0.420. The number of halogens is 1. The average Bonchev–Trinajstić information content (AvgIpc) is 2.84. The molecule has 0 bridgehead atoms. The van der Waals surface area contributed by atoms with Gasteiger partial charge < -0.3 is 0 Å². The quantitative estimate of drug-likeness (QED) is 0.718. The van der Waals surface area contributed by atoms with Crippen LogP contribution in [0.15, 0.2) is 28.7 Å². The molecule has 0 unspecified atom stereocenters. The zero-order valence-corrected chi connectivity index (χ0v) is 8.76. The third-order valence-corrected chi connectivity index (χ3v) is 3.23.